The second-order valence-corrected chi connectivity index (χ2v) is 9.79. The number of nitrogens with zero attached hydrogens (tertiary/aromatic N) is 3. The van der Waals surface area contributed by atoms with Crippen molar-refractivity contribution in [2.45, 2.75) is 11.3 Å². The Hall–Kier alpha value is -4.42. The highest BCUT2D eigenvalue weighted by atomic mass is 32.2. The number of benzene rings is 3. The summed E-state index contributed by atoms with van der Waals surface area (Å²) in [4.78, 5) is 24.5. The molecule has 0 atom stereocenters. The molecule has 12 heteroatoms. The smallest absolute Gasteiger partial charge is 0.339 e. The lowest BCUT2D eigenvalue weighted by molar-refractivity contribution is -0.120. The Morgan fingerprint density at radius 3 is 2.33 bits per heavy atom. The zero-order valence-electron chi connectivity index (χ0n) is 18.6. The van der Waals surface area contributed by atoms with Crippen LogP contribution in [0.15, 0.2) is 94.9 Å². The fraction of sp³-hybridized carbons (Fsp3) is 0.0417. The predicted molar refractivity (Wildman–Crippen MR) is 134 cm³/mol. The van der Waals surface area contributed by atoms with Crippen LogP contribution in [0.1, 0.15) is 20.9 Å². The van der Waals surface area contributed by atoms with Crippen molar-refractivity contribution < 1.29 is 22.2 Å². The maximum Gasteiger partial charge on any atom is 0.339 e. The topological polar surface area (TPSA) is 140 Å². The molecule has 0 radical (unpaired) electrons. The first-order chi connectivity index (χ1) is 17.4. The van der Waals surface area contributed by atoms with Crippen molar-refractivity contribution in [2.24, 2.45) is 5.10 Å². The Labute approximate surface area is 210 Å². The van der Waals surface area contributed by atoms with Crippen molar-refractivity contribution in [3.8, 4) is 5.75 Å². The molecule has 0 saturated heterocycles. The molecule has 0 bridgehead atoms. The molecule has 1 aromatic heterocycles. The van der Waals surface area contributed by atoms with Gasteiger partial charge in [0.25, 0.3) is 5.91 Å². The van der Waals surface area contributed by atoms with Crippen LogP contribution in [0, 0.1) is 0 Å². The third-order valence-corrected chi connectivity index (χ3v) is 6.67. The number of rotatable bonds is 9. The first-order valence-corrected chi connectivity index (χ1v) is 12.7. The van der Waals surface area contributed by atoms with Crippen molar-refractivity contribution in [2.75, 3.05) is 5.32 Å². The van der Waals surface area contributed by atoms with E-state index in [1.165, 1.54) is 24.4 Å². The van der Waals surface area contributed by atoms with Crippen molar-refractivity contribution >= 4 is 44.6 Å². The number of nitrogens with one attached hydrogen (secondary N) is 2. The highest BCUT2D eigenvalue weighted by Gasteiger charge is 2.17. The van der Waals surface area contributed by atoms with E-state index in [-0.39, 0.29) is 28.1 Å². The maximum absolute atomic E-state index is 12.5. The molecule has 0 unspecified atom stereocenters. The number of anilines is 1. The number of amides is 2. The van der Waals surface area contributed by atoms with Crippen LogP contribution in [-0.2, 0) is 21.3 Å². The summed E-state index contributed by atoms with van der Waals surface area (Å²) in [7, 11) is -4.03. The Bertz CT molecular complexity index is 1490. The van der Waals surface area contributed by atoms with E-state index >= 15 is 0 Å². The highest BCUT2D eigenvalue weighted by molar-refractivity contribution is 7.87. The molecule has 4 rings (SSSR count). The van der Waals surface area contributed by atoms with E-state index in [2.05, 4.69) is 26.0 Å². The Kier molecular flexibility index (Phi) is 7.78. The van der Waals surface area contributed by atoms with Crippen molar-refractivity contribution in [1.29, 1.82) is 0 Å². The zero-order chi connectivity index (χ0) is 25.4. The monoisotopic (exact) mass is 521 g/mol. The second kappa shape index (κ2) is 11.3. The van der Waals surface area contributed by atoms with Gasteiger partial charge in [-0.3, -0.25) is 14.9 Å². The molecule has 0 aliphatic carbocycles. The molecule has 3 aromatic carbocycles. The van der Waals surface area contributed by atoms with Gasteiger partial charge >= 0.3 is 10.1 Å². The van der Waals surface area contributed by atoms with Crippen LogP contribution in [-0.4, -0.2) is 36.6 Å². The third kappa shape index (κ3) is 6.58. The molecule has 1 heterocycles. The molecule has 0 spiro atoms. The standard InChI is InChI=1S/C24H19N5O5S2/c30-21(15-22-28-29-24(35-22)26-23(31)17-9-3-1-4-10-17)27-25-16-18-11-7-8-14-20(18)34-36(32,33)19-12-5-2-6-13-19/h1-14,16H,15H2,(H,27,30)(H,26,29,31)/b25-16-. The Morgan fingerprint density at radius 2 is 1.58 bits per heavy atom. The van der Waals surface area contributed by atoms with Gasteiger partial charge in [0.15, 0.2) is 5.75 Å². The molecule has 4 aromatic rings. The third-order valence-electron chi connectivity index (χ3n) is 4.58. The van der Waals surface area contributed by atoms with Crippen LogP contribution < -0.4 is 14.9 Å². The number of carbonyl (C=O) groups excluding carboxylic acids is 2. The lowest BCUT2D eigenvalue weighted by Crippen LogP contribution is -2.19. The summed E-state index contributed by atoms with van der Waals surface area (Å²) >= 11 is 1.07. The summed E-state index contributed by atoms with van der Waals surface area (Å²) in [6, 6.07) is 22.8. The molecule has 0 saturated carbocycles. The van der Waals surface area contributed by atoms with Gasteiger partial charge in [-0.15, -0.1) is 10.2 Å². The van der Waals surface area contributed by atoms with Gasteiger partial charge in [-0.1, -0.05) is 59.9 Å². The van der Waals surface area contributed by atoms with Gasteiger partial charge < -0.3 is 4.18 Å². The summed E-state index contributed by atoms with van der Waals surface area (Å²) < 4.78 is 30.3. The molecular formula is C24H19N5O5S2. The largest absolute Gasteiger partial charge is 0.378 e. The summed E-state index contributed by atoms with van der Waals surface area (Å²) in [5.74, 6) is -0.747. The molecule has 2 amide bonds. The second-order valence-electron chi connectivity index (χ2n) is 7.18. The van der Waals surface area contributed by atoms with Gasteiger partial charge in [0, 0.05) is 11.1 Å². The molecule has 2 N–H and O–H groups in total. The first kappa shape index (κ1) is 24.7. The lowest BCUT2D eigenvalue weighted by Gasteiger charge is -2.09. The van der Waals surface area contributed by atoms with Crippen molar-refractivity contribution in [3.63, 3.8) is 0 Å². The van der Waals surface area contributed by atoms with Gasteiger partial charge in [-0.2, -0.15) is 13.5 Å². The molecule has 36 heavy (non-hydrogen) atoms. The Morgan fingerprint density at radius 1 is 0.917 bits per heavy atom. The number of hydrogen-bond donors (Lipinski definition) is 2. The molecule has 10 nitrogen and oxygen atoms in total. The van der Waals surface area contributed by atoms with Crippen LogP contribution in [0.3, 0.4) is 0 Å². The number of carbonyl (C=O) groups is 2. The average Bonchev–Trinajstić information content (AvgIpc) is 3.32. The minimum Gasteiger partial charge on any atom is -0.378 e. The van der Waals surface area contributed by atoms with Gasteiger partial charge in [0.2, 0.25) is 11.0 Å². The van der Waals surface area contributed by atoms with Gasteiger partial charge in [0.05, 0.1) is 12.6 Å². The minimum absolute atomic E-state index is 0.0152. The van der Waals surface area contributed by atoms with E-state index in [0.29, 0.717) is 16.1 Å². The van der Waals surface area contributed by atoms with Gasteiger partial charge in [0.1, 0.15) is 9.90 Å². The summed E-state index contributed by atoms with van der Waals surface area (Å²) in [6.45, 7) is 0. The zero-order valence-corrected chi connectivity index (χ0v) is 20.2. The maximum atomic E-state index is 12.5. The van der Waals surface area contributed by atoms with E-state index in [1.54, 1.807) is 66.7 Å². The first-order valence-electron chi connectivity index (χ1n) is 10.5. The lowest BCUT2D eigenvalue weighted by atomic mass is 10.2. The Balaban J connectivity index is 1.34. The van der Waals surface area contributed by atoms with Crippen molar-refractivity contribution in [3.05, 3.63) is 101 Å². The average molecular weight is 522 g/mol. The SMILES string of the molecule is O=C(Cc1nnc(NC(=O)c2ccccc2)s1)N/N=C\c1ccccc1OS(=O)(=O)c1ccccc1. The van der Waals surface area contributed by atoms with Crippen LogP contribution in [0.5, 0.6) is 5.75 Å². The van der Waals surface area contributed by atoms with E-state index in [4.69, 9.17) is 4.18 Å². The fourth-order valence-electron chi connectivity index (χ4n) is 2.90. The van der Waals surface area contributed by atoms with Crippen molar-refractivity contribution in [1.82, 2.24) is 15.6 Å². The molecular weight excluding hydrogens is 502 g/mol. The predicted octanol–water partition coefficient (Wildman–Crippen LogP) is 3.25. The molecule has 0 fully saturated rings. The number of hydrogen-bond acceptors (Lipinski definition) is 9. The van der Waals surface area contributed by atoms with Crippen LogP contribution in [0.25, 0.3) is 0 Å². The quantitative estimate of drug-likeness (QED) is 0.196. The summed E-state index contributed by atoms with van der Waals surface area (Å²) in [6.07, 6.45) is 1.16. The van der Waals surface area contributed by atoms with E-state index in [0.717, 1.165) is 11.3 Å². The number of hydrazone groups is 1. The fourth-order valence-corrected chi connectivity index (χ4v) is 4.61. The van der Waals surface area contributed by atoms with Crippen LogP contribution in [0.4, 0.5) is 5.13 Å². The summed E-state index contributed by atoms with van der Waals surface area (Å²) in [5.41, 5.74) is 3.17. The number of para-hydroxylation sites is 1. The minimum atomic E-state index is -4.03. The molecule has 0 aliphatic heterocycles. The highest BCUT2D eigenvalue weighted by Crippen LogP contribution is 2.22. The van der Waals surface area contributed by atoms with Crippen LogP contribution >= 0.6 is 11.3 Å². The van der Waals surface area contributed by atoms with E-state index in [1.807, 2.05) is 0 Å². The molecule has 0 aliphatic rings. The van der Waals surface area contributed by atoms with Gasteiger partial charge in [-0.25, -0.2) is 5.43 Å². The van der Waals surface area contributed by atoms with E-state index < -0.39 is 16.0 Å². The normalized spacial score (nSPS) is 11.2. The van der Waals surface area contributed by atoms with E-state index in [9.17, 15) is 18.0 Å². The van der Waals surface area contributed by atoms with Crippen LogP contribution in [0.2, 0.25) is 0 Å². The molecule has 182 valence electrons. The summed E-state index contributed by atoms with van der Waals surface area (Å²) in [5, 5.41) is 14.9. The number of aromatic nitrogens is 2. The van der Waals surface area contributed by atoms with Gasteiger partial charge in [-0.05, 0) is 36.4 Å².